The molecule has 0 radical (unpaired) electrons. The van der Waals surface area contributed by atoms with Gasteiger partial charge in [-0.25, -0.2) is 4.79 Å². The Balaban J connectivity index is 2.70. The van der Waals surface area contributed by atoms with Crippen LogP contribution in [0.4, 0.5) is 0 Å². The molecular formula is C65H108O12. The zero-order valence-corrected chi connectivity index (χ0v) is 48.4. The first-order valence-corrected chi connectivity index (χ1v) is 30.6. The fraction of sp³-hybridized carbons (Fsp3) is 0.723. The third-order valence-corrected chi connectivity index (χ3v) is 13.5. The van der Waals surface area contributed by atoms with Gasteiger partial charge in [0.05, 0.1) is 6.61 Å². The molecule has 1 heterocycles. The standard InChI is InChI=1S/C65H108O12/c1-4-7-10-13-16-19-22-24-26-28-29-31-32-34-37-39-42-45-48-51-57(66)73-54-56(75-58(67)52-49-46-43-41-38-35-33-30-27-25-23-20-17-14-11-8-5-2)55-74-65-63(61(70)60(69)62(77-65)64(71)72)76-59(68)53-50-47-44-40-36-21-18-15-12-9-6-3/h8,11,16-17,19-20,24-27,33,35,41,43,56,60-63,65,69-70H,4-7,9-10,12-15,18,21-23,28-32,34,36-40,42,44-55H2,1-3H3,(H,71,72)/b11-8-,19-16-,20-17-,26-24-,27-25-,35-33-,43-41-. The van der Waals surface area contributed by atoms with Crippen molar-refractivity contribution in [2.45, 2.75) is 289 Å². The van der Waals surface area contributed by atoms with E-state index in [4.69, 9.17) is 23.7 Å². The van der Waals surface area contributed by atoms with Crippen LogP contribution in [0.5, 0.6) is 0 Å². The van der Waals surface area contributed by atoms with E-state index < -0.39 is 67.3 Å². The SMILES string of the molecule is CC/C=C\C/C=C\C/C=C\C/C=C\C/C=C\CCCC(=O)OC(COC(=O)CCCCCCCCCCC/C=C\C/C=C\CCCCC)COC1OC(C(=O)O)C(O)C(O)C1OC(=O)CCCCCCCCCCCCC. The first kappa shape index (κ1) is 70.9. The first-order valence-electron chi connectivity index (χ1n) is 30.6. The smallest absolute Gasteiger partial charge is 0.335 e. The maximum Gasteiger partial charge on any atom is 0.335 e. The highest BCUT2D eigenvalue weighted by Crippen LogP contribution is 2.26. The monoisotopic (exact) mass is 1080 g/mol. The summed E-state index contributed by atoms with van der Waals surface area (Å²) in [6, 6.07) is 0. The summed E-state index contributed by atoms with van der Waals surface area (Å²) in [4.78, 5) is 51.1. The summed E-state index contributed by atoms with van der Waals surface area (Å²) in [6.45, 7) is 5.80. The number of carbonyl (C=O) groups excluding carboxylic acids is 3. The van der Waals surface area contributed by atoms with E-state index in [1.165, 1.54) is 96.3 Å². The molecule has 6 unspecified atom stereocenters. The number of aliphatic hydroxyl groups is 2. The molecule has 77 heavy (non-hydrogen) atoms. The summed E-state index contributed by atoms with van der Waals surface area (Å²) in [5, 5.41) is 31.5. The van der Waals surface area contributed by atoms with Crippen LogP contribution in [0, 0.1) is 0 Å². The van der Waals surface area contributed by atoms with Crippen LogP contribution in [0.3, 0.4) is 0 Å². The third-order valence-electron chi connectivity index (χ3n) is 13.5. The van der Waals surface area contributed by atoms with Gasteiger partial charge in [0.1, 0.15) is 18.8 Å². The molecule has 0 spiro atoms. The summed E-state index contributed by atoms with van der Waals surface area (Å²) >= 11 is 0. The molecule has 0 aromatic carbocycles. The van der Waals surface area contributed by atoms with Crippen molar-refractivity contribution in [3.8, 4) is 0 Å². The Bertz CT molecular complexity index is 1660. The summed E-state index contributed by atoms with van der Waals surface area (Å²) in [5.74, 6) is -3.20. The Morgan fingerprint density at radius 1 is 0.442 bits per heavy atom. The highest BCUT2D eigenvalue weighted by Gasteiger charge is 2.50. The summed E-state index contributed by atoms with van der Waals surface area (Å²) in [6.07, 6.45) is 55.6. The van der Waals surface area contributed by atoms with Gasteiger partial charge in [-0.15, -0.1) is 0 Å². The molecule has 1 fully saturated rings. The van der Waals surface area contributed by atoms with Crippen LogP contribution in [0.1, 0.15) is 252 Å². The topological polar surface area (TPSA) is 175 Å². The number of allylic oxidation sites excluding steroid dienone is 14. The van der Waals surface area contributed by atoms with Gasteiger partial charge in [0, 0.05) is 19.3 Å². The minimum atomic E-state index is -1.91. The molecule has 1 saturated heterocycles. The lowest BCUT2D eigenvalue weighted by atomic mass is 9.98. The molecule has 0 bridgehead atoms. The van der Waals surface area contributed by atoms with Crippen LogP contribution in [0.15, 0.2) is 85.1 Å². The van der Waals surface area contributed by atoms with Gasteiger partial charge in [-0.05, 0) is 89.9 Å². The minimum Gasteiger partial charge on any atom is -0.479 e. The fourth-order valence-electron chi connectivity index (χ4n) is 8.79. The van der Waals surface area contributed by atoms with Crippen molar-refractivity contribution in [1.29, 1.82) is 0 Å². The fourth-order valence-corrected chi connectivity index (χ4v) is 8.79. The number of unbranched alkanes of at least 4 members (excludes halogenated alkanes) is 23. The predicted molar refractivity (Wildman–Crippen MR) is 312 cm³/mol. The van der Waals surface area contributed by atoms with Crippen molar-refractivity contribution in [3.63, 3.8) is 0 Å². The van der Waals surface area contributed by atoms with Crippen molar-refractivity contribution in [2.75, 3.05) is 13.2 Å². The summed E-state index contributed by atoms with van der Waals surface area (Å²) in [7, 11) is 0. The van der Waals surface area contributed by atoms with Crippen LogP contribution < -0.4 is 0 Å². The number of ether oxygens (including phenoxy) is 5. The number of carboxylic acid groups (broad SMARTS) is 1. The Morgan fingerprint density at radius 2 is 0.831 bits per heavy atom. The third kappa shape index (κ3) is 42.5. The molecule has 440 valence electrons. The maximum absolute atomic E-state index is 13.1. The predicted octanol–water partition coefficient (Wildman–Crippen LogP) is 15.9. The van der Waals surface area contributed by atoms with Gasteiger partial charge >= 0.3 is 23.9 Å². The van der Waals surface area contributed by atoms with E-state index in [0.717, 1.165) is 89.9 Å². The Morgan fingerprint density at radius 3 is 1.31 bits per heavy atom. The Labute approximate surface area is 467 Å². The second kappa shape index (κ2) is 52.6. The number of aliphatic carboxylic acids is 1. The van der Waals surface area contributed by atoms with Crippen LogP contribution in [0.25, 0.3) is 0 Å². The van der Waals surface area contributed by atoms with Gasteiger partial charge in [0.25, 0.3) is 0 Å². The second-order valence-electron chi connectivity index (χ2n) is 20.6. The number of rotatable bonds is 51. The summed E-state index contributed by atoms with van der Waals surface area (Å²) < 4.78 is 28.4. The molecule has 1 rings (SSSR count). The lowest BCUT2D eigenvalue weighted by molar-refractivity contribution is -0.301. The number of hydrogen-bond acceptors (Lipinski definition) is 11. The van der Waals surface area contributed by atoms with E-state index in [1.807, 2.05) is 12.2 Å². The average molecular weight is 1080 g/mol. The first-order chi connectivity index (χ1) is 37.6. The highest BCUT2D eigenvalue weighted by molar-refractivity contribution is 5.74. The zero-order chi connectivity index (χ0) is 56.1. The van der Waals surface area contributed by atoms with Crippen molar-refractivity contribution in [3.05, 3.63) is 85.1 Å². The van der Waals surface area contributed by atoms with E-state index in [1.54, 1.807) is 0 Å². The minimum absolute atomic E-state index is 0.0530. The van der Waals surface area contributed by atoms with E-state index in [-0.39, 0.29) is 25.9 Å². The van der Waals surface area contributed by atoms with Crippen LogP contribution >= 0.6 is 0 Å². The lowest BCUT2D eigenvalue weighted by Gasteiger charge is -2.40. The molecule has 0 aromatic rings. The zero-order valence-electron chi connectivity index (χ0n) is 48.4. The molecule has 1 aliphatic heterocycles. The molecule has 0 aliphatic carbocycles. The maximum atomic E-state index is 13.1. The molecule has 12 heteroatoms. The van der Waals surface area contributed by atoms with Gasteiger partial charge in [0.2, 0.25) is 0 Å². The van der Waals surface area contributed by atoms with E-state index in [9.17, 15) is 34.5 Å². The number of hydrogen-bond donors (Lipinski definition) is 3. The molecule has 3 N–H and O–H groups in total. The highest BCUT2D eigenvalue weighted by atomic mass is 16.7. The Kier molecular flexibility index (Phi) is 48.4. The van der Waals surface area contributed by atoms with Crippen LogP contribution in [0.2, 0.25) is 0 Å². The van der Waals surface area contributed by atoms with E-state index in [0.29, 0.717) is 25.7 Å². The molecule has 0 amide bonds. The molecule has 12 nitrogen and oxygen atoms in total. The van der Waals surface area contributed by atoms with Gasteiger partial charge in [0.15, 0.2) is 24.6 Å². The molecule has 1 aliphatic rings. The Hall–Kier alpha value is -4.10. The van der Waals surface area contributed by atoms with Crippen molar-refractivity contribution in [2.24, 2.45) is 0 Å². The van der Waals surface area contributed by atoms with Gasteiger partial charge in [-0.2, -0.15) is 0 Å². The van der Waals surface area contributed by atoms with Crippen LogP contribution in [-0.4, -0.2) is 89.2 Å². The number of aliphatic hydroxyl groups excluding tert-OH is 2. The quantitative estimate of drug-likeness (QED) is 0.0228. The molecular weight excluding hydrogens is 973 g/mol. The normalized spacial score (nSPS) is 18.6. The van der Waals surface area contributed by atoms with E-state index >= 15 is 0 Å². The second-order valence-corrected chi connectivity index (χ2v) is 20.6. The van der Waals surface area contributed by atoms with Gasteiger partial charge in [-0.1, -0.05) is 228 Å². The lowest BCUT2D eigenvalue weighted by Crippen LogP contribution is -2.61. The van der Waals surface area contributed by atoms with E-state index in [2.05, 4.69) is 93.7 Å². The number of carbonyl (C=O) groups is 4. The van der Waals surface area contributed by atoms with Crippen molar-refractivity contribution >= 4 is 23.9 Å². The molecule has 0 saturated carbocycles. The van der Waals surface area contributed by atoms with Gasteiger partial charge in [-0.3, -0.25) is 14.4 Å². The van der Waals surface area contributed by atoms with Crippen molar-refractivity contribution in [1.82, 2.24) is 0 Å². The number of esters is 3. The van der Waals surface area contributed by atoms with Gasteiger partial charge < -0.3 is 39.0 Å². The average Bonchev–Trinajstić information content (AvgIpc) is 3.42. The molecule has 6 atom stereocenters. The molecule has 0 aromatic heterocycles. The summed E-state index contributed by atoms with van der Waals surface area (Å²) in [5.41, 5.74) is 0. The number of carboxylic acids is 1. The van der Waals surface area contributed by atoms with Crippen LogP contribution in [-0.2, 0) is 42.9 Å². The van der Waals surface area contributed by atoms with Crippen molar-refractivity contribution < 1.29 is 58.2 Å². The largest absolute Gasteiger partial charge is 0.479 e.